The zero-order valence-corrected chi connectivity index (χ0v) is 9.36. The lowest BCUT2D eigenvalue weighted by atomic mass is 10.3. The third-order valence-corrected chi connectivity index (χ3v) is 2.50. The molecule has 1 aliphatic heterocycles. The Labute approximate surface area is 96.0 Å². The predicted octanol–water partition coefficient (Wildman–Crippen LogP) is 3.36. The van der Waals surface area contributed by atoms with Gasteiger partial charge in [0.1, 0.15) is 5.58 Å². The second kappa shape index (κ2) is 6.13. The van der Waals surface area contributed by atoms with Crippen LogP contribution in [0.3, 0.4) is 0 Å². The molecule has 0 amide bonds. The highest BCUT2D eigenvalue weighted by molar-refractivity contribution is 5.76. The maximum atomic E-state index is 5.12. The van der Waals surface area contributed by atoms with E-state index in [1.807, 2.05) is 30.3 Å². The lowest BCUT2D eigenvalue weighted by Gasteiger charge is -1.92. The topological polar surface area (TPSA) is 25.2 Å². The summed E-state index contributed by atoms with van der Waals surface area (Å²) in [6.45, 7) is 2.33. The van der Waals surface area contributed by atoms with E-state index in [9.17, 15) is 0 Å². The first-order chi connectivity index (χ1) is 7.97. The number of hydrogen-bond donors (Lipinski definition) is 1. The Morgan fingerprint density at radius 3 is 2.44 bits per heavy atom. The number of furan rings is 1. The molecule has 0 radical (unpaired) electrons. The molecule has 2 heterocycles. The molecule has 2 nitrogen and oxygen atoms in total. The van der Waals surface area contributed by atoms with Crippen LogP contribution in [0, 0.1) is 0 Å². The minimum Gasteiger partial charge on any atom is -0.464 e. The Bertz CT molecular complexity index is 406. The molecule has 16 heavy (non-hydrogen) atoms. The van der Waals surface area contributed by atoms with Crippen molar-refractivity contribution in [2.75, 3.05) is 13.1 Å². The molecule has 0 fully saturated rings. The fourth-order valence-corrected chi connectivity index (χ4v) is 1.64. The van der Waals surface area contributed by atoms with E-state index in [1.54, 1.807) is 6.26 Å². The number of hydrogen-bond acceptors (Lipinski definition) is 2. The van der Waals surface area contributed by atoms with Crippen LogP contribution in [0.5, 0.6) is 0 Å². The molecule has 0 unspecified atom stereocenters. The molecule has 2 aromatic rings. The van der Waals surface area contributed by atoms with E-state index in [0.717, 1.165) is 24.1 Å². The third kappa shape index (κ3) is 3.24. The highest BCUT2D eigenvalue weighted by atomic mass is 16.3. The Balaban J connectivity index is 0.000000125. The van der Waals surface area contributed by atoms with Crippen LogP contribution in [0.15, 0.2) is 53.2 Å². The van der Waals surface area contributed by atoms with Gasteiger partial charge < -0.3 is 9.73 Å². The number of fused-ring (bicyclic) bond motifs is 1. The first-order valence-electron chi connectivity index (χ1n) is 5.75. The first-order valence-corrected chi connectivity index (χ1v) is 5.75. The minimum absolute atomic E-state index is 0.956. The van der Waals surface area contributed by atoms with Gasteiger partial charge in [-0.3, -0.25) is 0 Å². The molecule has 1 N–H and O–H groups in total. The maximum Gasteiger partial charge on any atom is 0.133 e. The molecule has 1 aliphatic rings. The van der Waals surface area contributed by atoms with E-state index >= 15 is 0 Å². The van der Waals surface area contributed by atoms with Crippen molar-refractivity contribution >= 4 is 11.0 Å². The molecule has 0 bridgehead atoms. The van der Waals surface area contributed by atoms with Gasteiger partial charge in [0.05, 0.1) is 6.26 Å². The lowest BCUT2D eigenvalue weighted by molar-refractivity contribution is 0.616. The number of benzene rings is 1. The van der Waals surface area contributed by atoms with E-state index < -0.39 is 0 Å². The van der Waals surface area contributed by atoms with Crippen molar-refractivity contribution in [3.63, 3.8) is 0 Å². The summed E-state index contributed by atoms with van der Waals surface area (Å²) in [5.74, 6) is 0. The third-order valence-electron chi connectivity index (χ3n) is 2.50. The zero-order valence-electron chi connectivity index (χ0n) is 9.36. The Hall–Kier alpha value is -1.54. The molecular weight excluding hydrogens is 198 g/mol. The van der Waals surface area contributed by atoms with Gasteiger partial charge in [-0.15, -0.1) is 0 Å². The summed E-state index contributed by atoms with van der Waals surface area (Å²) < 4.78 is 5.12. The van der Waals surface area contributed by atoms with Crippen molar-refractivity contribution in [1.29, 1.82) is 0 Å². The van der Waals surface area contributed by atoms with Crippen LogP contribution in [0.1, 0.15) is 12.8 Å². The van der Waals surface area contributed by atoms with Gasteiger partial charge in [0.2, 0.25) is 0 Å². The number of para-hydroxylation sites is 1. The van der Waals surface area contributed by atoms with Crippen molar-refractivity contribution < 1.29 is 4.42 Å². The normalized spacial score (nSPS) is 15.2. The van der Waals surface area contributed by atoms with Crippen LogP contribution >= 0.6 is 0 Å². The largest absolute Gasteiger partial charge is 0.464 e. The highest BCUT2D eigenvalue weighted by Gasteiger charge is 1.89. The van der Waals surface area contributed by atoms with Crippen molar-refractivity contribution in [3.8, 4) is 0 Å². The van der Waals surface area contributed by atoms with Gasteiger partial charge in [-0.2, -0.15) is 0 Å². The first kappa shape index (κ1) is 11.0. The van der Waals surface area contributed by atoms with Gasteiger partial charge in [-0.25, -0.2) is 0 Å². The van der Waals surface area contributed by atoms with Crippen LogP contribution in [-0.4, -0.2) is 13.1 Å². The van der Waals surface area contributed by atoms with Gasteiger partial charge in [0.15, 0.2) is 0 Å². The van der Waals surface area contributed by atoms with Gasteiger partial charge >= 0.3 is 0 Å². The van der Waals surface area contributed by atoms with Crippen LogP contribution in [0.4, 0.5) is 0 Å². The quantitative estimate of drug-likeness (QED) is 0.682. The molecule has 84 valence electrons. The summed E-state index contributed by atoms with van der Waals surface area (Å²) >= 11 is 0. The molecule has 0 atom stereocenters. The van der Waals surface area contributed by atoms with Gasteiger partial charge in [-0.1, -0.05) is 30.4 Å². The van der Waals surface area contributed by atoms with Crippen LogP contribution < -0.4 is 5.32 Å². The maximum absolute atomic E-state index is 5.12. The van der Waals surface area contributed by atoms with E-state index in [1.165, 1.54) is 12.8 Å². The molecule has 0 aliphatic carbocycles. The van der Waals surface area contributed by atoms with Crippen LogP contribution in [0.2, 0.25) is 0 Å². The molecule has 0 saturated carbocycles. The molecule has 1 aromatic carbocycles. The van der Waals surface area contributed by atoms with Crippen LogP contribution in [0.25, 0.3) is 11.0 Å². The zero-order chi connectivity index (χ0) is 11.1. The van der Waals surface area contributed by atoms with Crippen molar-refractivity contribution in [2.24, 2.45) is 0 Å². The average molecular weight is 215 g/mol. The predicted molar refractivity (Wildman–Crippen MR) is 67.5 cm³/mol. The average Bonchev–Trinajstić information content (AvgIpc) is 2.61. The van der Waals surface area contributed by atoms with E-state index in [4.69, 9.17) is 4.42 Å². The summed E-state index contributed by atoms with van der Waals surface area (Å²) in [4.78, 5) is 0. The smallest absolute Gasteiger partial charge is 0.133 e. The SMILES string of the molecule is C1=CCCNCC1.c1ccc2occc2c1. The second-order valence-electron chi connectivity index (χ2n) is 3.76. The highest BCUT2D eigenvalue weighted by Crippen LogP contribution is 2.12. The summed E-state index contributed by atoms with van der Waals surface area (Å²) in [6, 6.07) is 9.90. The van der Waals surface area contributed by atoms with Crippen molar-refractivity contribution in [1.82, 2.24) is 5.32 Å². The molecule has 3 rings (SSSR count). The van der Waals surface area contributed by atoms with Gasteiger partial charge in [0.25, 0.3) is 0 Å². The summed E-state index contributed by atoms with van der Waals surface area (Å²) in [7, 11) is 0. The molecular formula is C14H17NO. The molecule has 1 aromatic heterocycles. The van der Waals surface area contributed by atoms with Gasteiger partial charge in [-0.05, 0) is 38.1 Å². The van der Waals surface area contributed by atoms with E-state index in [-0.39, 0.29) is 0 Å². The van der Waals surface area contributed by atoms with Crippen molar-refractivity contribution in [2.45, 2.75) is 12.8 Å². The van der Waals surface area contributed by atoms with E-state index in [2.05, 4.69) is 17.5 Å². The second-order valence-corrected chi connectivity index (χ2v) is 3.76. The Morgan fingerprint density at radius 1 is 0.938 bits per heavy atom. The fraction of sp³-hybridized carbons (Fsp3) is 0.286. The lowest BCUT2D eigenvalue weighted by Crippen LogP contribution is -2.13. The van der Waals surface area contributed by atoms with Crippen LogP contribution in [-0.2, 0) is 0 Å². The fourth-order valence-electron chi connectivity index (χ4n) is 1.64. The standard InChI is InChI=1S/C8H6O.C6H11N/c1-2-4-8-7(3-1)5-6-9-8;1-2-4-6-7-5-3-1/h1-6H;1-2,7H,3-6H2. The molecule has 2 heteroatoms. The Kier molecular flexibility index (Phi) is 4.20. The van der Waals surface area contributed by atoms with Gasteiger partial charge in [0, 0.05) is 5.39 Å². The van der Waals surface area contributed by atoms with E-state index in [0.29, 0.717) is 0 Å². The summed E-state index contributed by atoms with van der Waals surface area (Å²) in [5.41, 5.74) is 0.956. The summed E-state index contributed by atoms with van der Waals surface area (Å²) in [6.07, 6.45) is 8.59. The Morgan fingerprint density at radius 2 is 1.69 bits per heavy atom. The van der Waals surface area contributed by atoms with Crippen molar-refractivity contribution in [3.05, 3.63) is 48.7 Å². The minimum atomic E-state index is 0.956. The number of rotatable bonds is 0. The number of nitrogens with one attached hydrogen (secondary N) is 1. The monoisotopic (exact) mass is 215 g/mol. The summed E-state index contributed by atoms with van der Waals surface area (Å²) in [5, 5.41) is 4.45. The molecule has 0 saturated heterocycles. The molecule has 0 spiro atoms.